The van der Waals surface area contributed by atoms with Gasteiger partial charge in [-0.05, 0) is 42.5 Å². The van der Waals surface area contributed by atoms with E-state index in [9.17, 15) is 4.79 Å². The first-order chi connectivity index (χ1) is 15.2. The van der Waals surface area contributed by atoms with Gasteiger partial charge in [-0.15, -0.1) is 0 Å². The summed E-state index contributed by atoms with van der Waals surface area (Å²) in [5.41, 5.74) is 3.54. The number of amides is 2. The zero-order valence-corrected chi connectivity index (χ0v) is 19.1. The van der Waals surface area contributed by atoms with Crippen LogP contribution in [0.2, 0.25) is 0 Å². The number of nitrogens with one attached hydrogen (secondary N) is 2. The van der Waals surface area contributed by atoms with Crippen LogP contribution in [-0.2, 0) is 13.0 Å². The van der Waals surface area contributed by atoms with Crippen molar-refractivity contribution in [2.24, 2.45) is 0 Å². The number of hydrogen-bond acceptors (Lipinski definition) is 4. The maximum absolute atomic E-state index is 12.4. The summed E-state index contributed by atoms with van der Waals surface area (Å²) in [4.78, 5) is 17.4. The molecule has 0 aromatic heterocycles. The van der Waals surface area contributed by atoms with E-state index in [1.165, 1.54) is 35.7 Å². The molecule has 0 spiro atoms. The second kappa shape index (κ2) is 11.6. The summed E-state index contributed by atoms with van der Waals surface area (Å²) in [6, 6.07) is 19.0. The molecule has 0 bridgehead atoms. The van der Waals surface area contributed by atoms with E-state index in [0.29, 0.717) is 0 Å². The lowest BCUT2D eigenvalue weighted by atomic mass is 10.0. The van der Waals surface area contributed by atoms with Crippen LogP contribution in [0.3, 0.4) is 0 Å². The summed E-state index contributed by atoms with van der Waals surface area (Å²) in [7, 11) is 0. The Kier molecular flexibility index (Phi) is 8.27. The molecule has 0 unspecified atom stereocenters. The molecule has 0 saturated carbocycles. The van der Waals surface area contributed by atoms with Crippen molar-refractivity contribution in [1.82, 2.24) is 15.1 Å². The Morgan fingerprint density at radius 2 is 1.58 bits per heavy atom. The fraction of sp³-hybridized carbons (Fsp3) is 0.480. The lowest BCUT2D eigenvalue weighted by molar-refractivity contribution is 0.190. The molecule has 2 N–H and O–H groups in total. The average molecular weight is 439 g/mol. The van der Waals surface area contributed by atoms with E-state index in [1.54, 1.807) is 0 Å². The predicted molar refractivity (Wildman–Crippen MR) is 131 cm³/mol. The standard InChI is InChI=1S/C25H34N4OS/c30-25(27-24-11-14-29(15-12-24)20-22-4-2-1-3-5-22)26-23-8-6-21(7-9-23)10-13-28-16-18-31-19-17-28/h1-9,24H,10-20H2,(H2,26,27,30). The van der Waals surface area contributed by atoms with Crippen LogP contribution in [-0.4, -0.2) is 66.1 Å². The maximum atomic E-state index is 12.4. The fourth-order valence-corrected chi connectivity index (χ4v) is 5.28. The van der Waals surface area contributed by atoms with Gasteiger partial charge in [-0.25, -0.2) is 4.79 Å². The van der Waals surface area contributed by atoms with Gasteiger partial charge in [0, 0.05) is 62.5 Å². The van der Waals surface area contributed by atoms with Crippen LogP contribution >= 0.6 is 11.8 Å². The van der Waals surface area contributed by atoms with Gasteiger partial charge in [0.15, 0.2) is 0 Å². The summed E-state index contributed by atoms with van der Waals surface area (Å²) in [6.07, 6.45) is 3.06. The van der Waals surface area contributed by atoms with E-state index in [0.717, 1.165) is 51.1 Å². The van der Waals surface area contributed by atoms with E-state index < -0.39 is 0 Å². The molecule has 166 valence electrons. The van der Waals surface area contributed by atoms with Crippen LogP contribution in [0, 0.1) is 0 Å². The molecule has 31 heavy (non-hydrogen) atoms. The minimum absolute atomic E-state index is 0.0972. The molecule has 2 aromatic rings. The van der Waals surface area contributed by atoms with Gasteiger partial charge in [-0.1, -0.05) is 42.5 Å². The summed E-state index contributed by atoms with van der Waals surface area (Å²) in [5.74, 6) is 2.51. The number of urea groups is 1. The molecular formula is C25H34N4OS. The van der Waals surface area contributed by atoms with Gasteiger partial charge < -0.3 is 15.5 Å². The largest absolute Gasteiger partial charge is 0.335 e. The molecule has 2 amide bonds. The number of thioether (sulfide) groups is 1. The molecule has 4 rings (SSSR count). The Morgan fingerprint density at radius 1 is 0.871 bits per heavy atom. The normalized spacial score (nSPS) is 18.6. The molecule has 2 saturated heterocycles. The number of likely N-dealkylation sites (tertiary alicyclic amines) is 1. The highest BCUT2D eigenvalue weighted by molar-refractivity contribution is 7.99. The number of anilines is 1. The Balaban J connectivity index is 1.15. The van der Waals surface area contributed by atoms with Gasteiger partial charge in [-0.3, -0.25) is 4.90 Å². The topological polar surface area (TPSA) is 47.6 Å². The average Bonchev–Trinajstić information content (AvgIpc) is 2.81. The van der Waals surface area contributed by atoms with Crippen LogP contribution in [0.5, 0.6) is 0 Å². The Hall–Kier alpha value is -2.02. The van der Waals surface area contributed by atoms with Gasteiger partial charge in [0.25, 0.3) is 0 Å². The highest BCUT2D eigenvalue weighted by Crippen LogP contribution is 2.15. The first kappa shape index (κ1) is 22.2. The van der Waals surface area contributed by atoms with Crippen LogP contribution in [0.1, 0.15) is 24.0 Å². The van der Waals surface area contributed by atoms with E-state index in [4.69, 9.17) is 0 Å². The van der Waals surface area contributed by atoms with Gasteiger partial charge >= 0.3 is 6.03 Å². The summed E-state index contributed by atoms with van der Waals surface area (Å²) in [5, 5.41) is 6.15. The van der Waals surface area contributed by atoms with Gasteiger partial charge in [-0.2, -0.15) is 11.8 Å². The summed E-state index contributed by atoms with van der Waals surface area (Å²) < 4.78 is 0. The third-order valence-corrected chi connectivity index (χ3v) is 7.15. The quantitative estimate of drug-likeness (QED) is 0.684. The van der Waals surface area contributed by atoms with Crippen molar-refractivity contribution in [3.8, 4) is 0 Å². The number of carbonyl (C=O) groups is 1. The van der Waals surface area contributed by atoms with Crippen LogP contribution in [0.4, 0.5) is 10.5 Å². The first-order valence-electron chi connectivity index (χ1n) is 11.5. The molecule has 0 atom stereocenters. The number of hydrogen-bond donors (Lipinski definition) is 2. The molecule has 5 nitrogen and oxygen atoms in total. The Morgan fingerprint density at radius 3 is 2.29 bits per heavy atom. The minimum atomic E-state index is -0.0972. The molecule has 2 heterocycles. The Bertz CT molecular complexity index is 800. The van der Waals surface area contributed by atoms with Crippen molar-refractivity contribution in [2.75, 3.05) is 49.5 Å². The van der Waals surface area contributed by atoms with Gasteiger partial charge in [0.1, 0.15) is 0 Å². The van der Waals surface area contributed by atoms with Crippen molar-refractivity contribution in [1.29, 1.82) is 0 Å². The van der Waals surface area contributed by atoms with Crippen LogP contribution in [0.15, 0.2) is 54.6 Å². The number of carbonyl (C=O) groups excluding carboxylic acids is 1. The lowest BCUT2D eigenvalue weighted by Crippen LogP contribution is -2.45. The highest BCUT2D eigenvalue weighted by Gasteiger charge is 2.20. The van der Waals surface area contributed by atoms with E-state index in [-0.39, 0.29) is 12.1 Å². The molecule has 2 aliphatic heterocycles. The lowest BCUT2D eigenvalue weighted by Gasteiger charge is -2.32. The molecule has 2 aliphatic rings. The highest BCUT2D eigenvalue weighted by atomic mass is 32.2. The third-order valence-electron chi connectivity index (χ3n) is 6.20. The summed E-state index contributed by atoms with van der Waals surface area (Å²) in [6.45, 7) is 6.55. The zero-order chi connectivity index (χ0) is 21.3. The molecular weight excluding hydrogens is 404 g/mol. The SMILES string of the molecule is O=C(Nc1ccc(CCN2CCSCC2)cc1)NC1CCN(Cc2ccccc2)CC1. The Labute approximate surface area is 190 Å². The molecule has 2 aromatic carbocycles. The minimum Gasteiger partial charge on any atom is -0.335 e. The summed E-state index contributed by atoms with van der Waals surface area (Å²) >= 11 is 2.05. The second-order valence-corrected chi connectivity index (χ2v) is 9.76. The number of piperidine rings is 1. The molecule has 0 radical (unpaired) electrons. The number of benzene rings is 2. The van der Waals surface area contributed by atoms with Crippen molar-refractivity contribution in [3.05, 3.63) is 65.7 Å². The van der Waals surface area contributed by atoms with Gasteiger partial charge in [0.05, 0.1) is 0 Å². The van der Waals surface area contributed by atoms with Crippen molar-refractivity contribution >= 4 is 23.5 Å². The number of nitrogens with zero attached hydrogens (tertiary/aromatic N) is 2. The monoisotopic (exact) mass is 438 g/mol. The number of rotatable bonds is 7. The van der Waals surface area contributed by atoms with E-state index >= 15 is 0 Å². The van der Waals surface area contributed by atoms with Crippen molar-refractivity contribution in [3.63, 3.8) is 0 Å². The van der Waals surface area contributed by atoms with Crippen LogP contribution in [0.25, 0.3) is 0 Å². The third kappa shape index (κ3) is 7.27. The van der Waals surface area contributed by atoms with Crippen molar-refractivity contribution < 1.29 is 4.79 Å². The zero-order valence-electron chi connectivity index (χ0n) is 18.3. The smallest absolute Gasteiger partial charge is 0.319 e. The van der Waals surface area contributed by atoms with Gasteiger partial charge in [0.2, 0.25) is 0 Å². The van der Waals surface area contributed by atoms with Crippen molar-refractivity contribution in [2.45, 2.75) is 31.8 Å². The second-order valence-electron chi connectivity index (χ2n) is 8.54. The molecule has 0 aliphatic carbocycles. The first-order valence-corrected chi connectivity index (χ1v) is 12.6. The maximum Gasteiger partial charge on any atom is 0.319 e. The fourth-order valence-electron chi connectivity index (χ4n) is 4.30. The predicted octanol–water partition coefficient (Wildman–Crippen LogP) is 4.06. The van der Waals surface area contributed by atoms with E-state index in [2.05, 4.69) is 74.7 Å². The van der Waals surface area contributed by atoms with Crippen LogP contribution < -0.4 is 10.6 Å². The molecule has 6 heteroatoms. The van der Waals surface area contributed by atoms with E-state index in [1.807, 2.05) is 12.1 Å². The molecule has 2 fully saturated rings.